The van der Waals surface area contributed by atoms with Crippen molar-refractivity contribution < 1.29 is 0 Å². The zero-order valence-electron chi connectivity index (χ0n) is 10.8. The minimum atomic E-state index is 0.655. The zero-order valence-corrected chi connectivity index (χ0v) is 10.8. The molecule has 2 heteroatoms. The number of rotatable bonds is 6. The van der Waals surface area contributed by atoms with E-state index < -0.39 is 0 Å². The van der Waals surface area contributed by atoms with Gasteiger partial charge in [0.25, 0.3) is 0 Å². The molecule has 0 saturated carbocycles. The fourth-order valence-electron chi connectivity index (χ4n) is 2.27. The number of hydrogen-bond acceptors (Lipinski definition) is 1. The molecule has 2 rings (SSSR count). The molecule has 0 spiro atoms. The van der Waals surface area contributed by atoms with Crippen LogP contribution in [-0.2, 0) is 6.54 Å². The molecule has 1 unspecified atom stereocenters. The third-order valence-corrected chi connectivity index (χ3v) is 3.34. The van der Waals surface area contributed by atoms with Crippen molar-refractivity contribution in [3.63, 3.8) is 0 Å². The summed E-state index contributed by atoms with van der Waals surface area (Å²) in [5, 5.41) is 4.93. The zero-order chi connectivity index (χ0) is 12.1. The van der Waals surface area contributed by atoms with Crippen molar-refractivity contribution in [2.45, 2.75) is 45.7 Å². The van der Waals surface area contributed by atoms with Crippen LogP contribution in [0.4, 0.5) is 0 Å². The van der Waals surface area contributed by atoms with Crippen molar-refractivity contribution in [1.82, 2.24) is 10.3 Å². The third-order valence-electron chi connectivity index (χ3n) is 3.34. The Morgan fingerprint density at radius 1 is 1.24 bits per heavy atom. The molecule has 0 aliphatic carbocycles. The molecule has 0 saturated heterocycles. The van der Waals surface area contributed by atoms with Crippen LogP contribution in [0, 0.1) is 0 Å². The van der Waals surface area contributed by atoms with Crippen molar-refractivity contribution in [2.75, 3.05) is 0 Å². The lowest BCUT2D eigenvalue weighted by Crippen LogP contribution is -2.27. The van der Waals surface area contributed by atoms with E-state index in [4.69, 9.17) is 0 Å². The predicted molar refractivity (Wildman–Crippen MR) is 74.1 cm³/mol. The highest BCUT2D eigenvalue weighted by Crippen LogP contribution is 2.14. The fourth-order valence-corrected chi connectivity index (χ4v) is 2.27. The normalized spacial score (nSPS) is 13.1. The van der Waals surface area contributed by atoms with Crippen LogP contribution >= 0.6 is 0 Å². The summed E-state index contributed by atoms with van der Waals surface area (Å²) in [6.07, 6.45) is 5.72. The Bertz CT molecular complexity index is 459. The van der Waals surface area contributed by atoms with E-state index in [9.17, 15) is 0 Å². The summed E-state index contributed by atoms with van der Waals surface area (Å²) in [4.78, 5) is 3.22. The van der Waals surface area contributed by atoms with Crippen LogP contribution in [0.15, 0.2) is 30.5 Å². The average molecular weight is 230 g/mol. The van der Waals surface area contributed by atoms with Crippen LogP contribution in [0.3, 0.4) is 0 Å². The minimum Gasteiger partial charge on any atom is -0.361 e. The number of H-pyrrole nitrogens is 1. The van der Waals surface area contributed by atoms with Crippen LogP contribution in [0.1, 0.15) is 38.7 Å². The van der Waals surface area contributed by atoms with Crippen molar-refractivity contribution in [1.29, 1.82) is 0 Å². The van der Waals surface area contributed by atoms with Gasteiger partial charge >= 0.3 is 0 Å². The summed E-state index contributed by atoms with van der Waals surface area (Å²) in [5.74, 6) is 0. The molecule has 1 heterocycles. The van der Waals surface area contributed by atoms with Crippen molar-refractivity contribution >= 4 is 10.9 Å². The Balaban J connectivity index is 1.97. The van der Waals surface area contributed by atoms with Gasteiger partial charge in [-0.3, -0.25) is 0 Å². The third kappa shape index (κ3) is 3.10. The summed E-state index contributed by atoms with van der Waals surface area (Å²) < 4.78 is 0. The number of fused-ring (bicyclic) bond motifs is 1. The van der Waals surface area contributed by atoms with Gasteiger partial charge in [0.1, 0.15) is 0 Å². The van der Waals surface area contributed by atoms with Gasteiger partial charge in [0.15, 0.2) is 0 Å². The molecule has 1 aromatic heterocycles. The lowest BCUT2D eigenvalue weighted by molar-refractivity contribution is 0.462. The largest absolute Gasteiger partial charge is 0.361 e. The second-order valence-electron chi connectivity index (χ2n) is 4.67. The predicted octanol–water partition coefficient (Wildman–Crippen LogP) is 3.84. The van der Waals surface area contributed by atoms with E-state index in [2.05, 4.69) is 48.4 Å². The first kappa shape index (κ1) is 12.2. The molecular formula is C15H22N2. The highest BCUT2D eigenvalue weighted by atomic mass is 14.9. The SMILES string of the molecule is CCCC(CC)NCc1ccc2[nH]ccc2c1. The standard InChI is InChI=1S/C15H22N2/c1-3-5-14(4-2)17-11-12-6-7-15-13(10-12)8-9-16-15/h6-10,14,16-17H,3-5,11H2,1-2H3. The first-order valence-corrected chi connectivity index (χ1v) is 6.63. The first-order valence-electron chi connectivity index (χ1n) is 6.63. The van der Waals surface area contributed by atoms with Gasteiger partial charge in [0.2, 0.25) is 0 Å². The van der Waals surface area contributed by atoms with Crippen LogP contribution in [0.5, 0.6) is 0 Å². The van der Waals surface area contributed by atoms with Crippen LogP contribution in [-0.4, -0.2) is 11.0 Å². The number of aromatic amines is 1. The quantitative estimate of drug-likeness (QED) is 0.775. The van der Waals surface area contributed by atoms with Crippen molar-refractivity contribution in [3.05, 3.63) is 36.0 Å². The highest BCUT2D eigenvalue weighted by Gasteiger charge is 2.04. The smallest absolute Gasteiger partial charge is 0.0454 e. The van der Waals surface area contributed by atoms with Crippen LogP contribution in [0.25, 0.3) is 10.9 Å². The molecule has 1 atom stereocenters. The van der Waals surface area contributed by atoms with Gasteiger partial charge in [0, 0.05) is 24.3 Å². The van der Waals surface area contributed by atoms with E-state index in [-0.39, 0.29) is 0 Å². The average Bonchev–Trinajstić information content (AvgIpc) is 2.81. The summed E-state index contributed by atoms with van der Waals surface area (Å²) in [6.45, 7) is 5.47. The number of hydrogen-bond donors (Lipinski definition) is 2. The molecule has 0 aliphatic rings. The molecule has 0 aliphatic heterocycles. The fraction of sp³-hybridized carbons (Fsp3) is 0.467. The Hall–Kier alpha value is -1.28. The Morgan fingerprint density at radius 2 is 2.12 bits per heavy atom. The minimum absolute atomic E-state index is 0.655. The van der Waals surface area contributed by atoms with Gasteiger partial charge in [-0.25, -0.2) is 0 Å². The van der Waals surface area contributed by atoms with Crippen LogP contribution < -0.4 is 5.32 Å². The van der Waals surface area contributed by atoms with Gasteiger partial charge in [-0.05, 0) is 42.0 Å². The van der Waals surface area contributed by atoms with E-state index in [1.165, 1.54) is 35.7 Å². The van der Waals surface area contributed by atoms with Crippen LogP contribution in [0.2, 0.25) is 0 Å². The maximum atomic E-state index is 3.63. The Kier molecular flexibility index (Phi) is 4.21. The van der Waals surface area contributed by atoms with Gasteiger partial charge in [-0.15, -0.1) is 0 Å². The van der Waals surface area contributed by atoms with E-state index in [0.717, 1.165) is 6.54 Å². The van der Waals surface area contributed by atoms with Crippen molar-refractivity contribution in [3.8, 4) is 0 Å². The molecule has 0 fully saturated rings. The number of aromatic nitrogens is 1. The lowest BCUT2D eigenvalue weighted by atomic mass is 10.1. The van der Waals surface area contributed by atoms with E-state index >= 15 is 0 Å². The summed E-state index contributed by atoms with van der Waals surface area (Å²) in [5.41, 5.74) is 2.58. The Morgan fingerprint density at radius 3 is 2.88 bits per heavy atom. The van der Waals surface area contributed by atoms with Gasteiger partial charge in [-0.2, -0.15) is 0 Å². The number of nitrogens with one attached hydrogen (secondary N) is 2. The van der Waals surface area contributed by atoms with E-state index in [0.29, 0.717) is 6.04 Å². The summed E-state index contributed by atoms with van der Waals surface area (Å²) in [6, 6.07) is 9.40. The maximum absolute atomic E-state index is 3.63. The molecule has 0 bridgehead atoms. The lowest BCUT2D eigenvalue weighted by Gasteiger charge is -2.16. The summed E-state index contributed by atoms with van der Waals surface area (Å²) in [7, 11) is 0. The molecule has 17 heavy (non-hydrogen) atoms. The van der Waals surface area contributed by atoms with E-state index in [1.807, 2.05) is 6.20 Å². The van der Waals surface area contributed by atoms with Gasteiger partial charge < -0.3 is 10.3 Å². The molecule has 2 N–H and O–H groups in total. The molecular weight excluding hydrogens is 208 g/mol. The molecule has 0 radical (unpaired) electrons. The van der Waals surface area contributed by atoms with E-state index in [1.54, 1.807) is 0 Å². The molecule has 2 aromatic rings. The molecule has 92 valence electrons. The maximum Gasteiger partial charge on any atom is 0.0454 e. The van der Waals surface area contributed by atoms with Crippen molar-refractivity contribution in [2.24, 2.45) is 0 Å². The second-order valence-corrected chi connectivity index (χ2v) is 4.67. The molecule has 2 nitrogen and oxygen atoms in total. The summed E-state index contributed by atoms with van der Waals surface area (Å²) >= 11 is 0. The monoisotopic (exact) mass is 230 g/mol. The molecule has 0 amide bonds. The Labute approximate surface area is 103 Å². The highest BCUT2D eigenvalue weighted by molar-refractivity contribution is 5.79. The van der Waals surface area contributed by atoms with Gasteiger partial charge in [-0.1, -0.05) is 26.3 Å². The second kappa shape index (κ2) is 5.87. The number of benzene rings is 1. The topological polar surface area (TPSA) is 27.8 Å². The van der Waals surface area contributed by atoms with Gasteiger partial charge in [0.05, 0.1) is 0 Å². The first-order chi connectivity index (χ1) is 8.33. The molecule has 1 aromatic carbocycles.